The summed E-state index contributed by atoms with van der Waals surface area (Å²) in [4.78, 5) is 13.7. The molecule has 0 N–H and O–H groups in total. The van der Waals surface area contributed by atoms with Gasteiger partial charge >= 0.3 is 12.1 Å². The van der Waals surface area contributed by atoms with Crippen LogP contribution in [0.5, 0.6) is 0 Å². The van der Waals surface area contributed by atoms with Crippen LogP contribution in [0.15, 0.2) is 48.2 Å². The Morgan fingerprint density at radius 1 is 1.16 bits per heavy atom. The molecule has 2 aromatic carbocycles. The standard InChI is InChI=1S/C28H28F5NO4/c1-15-5-21(30)3-4-23(15)26-24-12-34(22-9-25(35)36-14-22)11-19(24)13-37-27(26)38-16(2)18-6-17(10-29)7-20(8-18)28(31,32)33/h3-9,16,19,24,26-27H,10-14H2,1-2H3/t16-,19+,24-,26+,27-/m1/s1. The zero-order valence-corrected chi connectivity index (χ0v) is 20.9. The molecule has 204 valence electrons. The summed E-state index contributed by atoms with van der Waals surface area (Å²) in [5, 5.41) is 0. The van der Waals surface area contributed by atoms with E-state index in [1.807, 2.05) is 0 Å². The number of rotatable bonds is 6. The van der Waals surface area contributed by atoms with E-state index in [0.717, 1.165) is 23.4 Å². The number of esters is 1. The van der Waals surface area contributed by atoms with Crippen molar-refractivity contribution in [2.24, 2.45) is 11.8 Å². The molecule has 3 aliphatic rings. The van der Waals surface area contributed by atoms with Crippen LogP contribution < -0.4 is 0 Å². The molecule has 10 heteroatoms. The van der Waals surface area contributed by atoms with Crippen molar-refractivity contribution in [2.75, 3.05) is 26.3 Å². The van der Waals surface area contributed by atoms with Crippen LogP contribution in [0.25, 0.3) is 0 Å². The Hall–Kier alpha value is -2.98. The van der Waals surface area contributed by atoms with Gasteiger partial charge in [-0.1, -0.05) is 12.1 Å². The number of cyclic esters (lactones) is 1. The Labute approximate surface area is 217 Å². The van der Waals surface area contributed by atoms with Crippen LogP contribution in [0.3, 0.4) is 0 Å². The number of alkyl halides is 4. The summed E-state index contributed by atoms with van der Waals surface area (Å²) in [7, 11) is 0. The van der Waals surface area contributed by atoms with Gasteiger partial charge < -0.3 is 19.1 Å². The maximum absolute atomic E-state index is 14.0. The Morgan fingerprint density at radius 3 is 2.61 bits per heavy atom. The van der Waals surface area contributed by atoms with Gasteiger partial charge in [0.1, 0.15) is 19.1 Å². The lowest BCUT2D eigenvalue weighted by Gasteiger charge is -2.41. The molecular weight excluding hydrogens is 509 g/mol. The number of hydrogen-bond donors (Lipinski definition) is 0. The van der Waals surface area contributed by atoms with Gasteiger partial charge in [-0.15, -0.1) is 0 Å². The highest BCUT2D eigenvalue weighted by Crippen LogP contribution is 2.46. The summed E-state index contributed by atoms with van der Waals surface area (Å²) in [5.41, 5.74) is 1.47. The van der Waals surface area contributed by atoms with Gasteiger partial charge in [0.2, 0.25) is 0 Å². The molecule has 2 saturated heterocycles. The summed E-state index contributed by atoms with van der Waals surface area (Å²) in [6, 6.07) is 7.61. The van der Waals surface area contributed by atoms with Crippen molar-refractivity contribution in [3.05, 3.63) is 81.8 Å². The Kier molecular flexibility index (Phi) is 7.21. The van der Waals surface area contributed by atoms with Gasteiger partial charge in [-0.3, -0.25) is 0 Å². The Bertz CT molecular complexity index is 1250. The van der Waals surface area contributed by atoms with E-state index in [1.54, 1.807) is 19.9 Å². The first kappa shape index (κ1) is 26.6. The molecule has 0 unspecified atom stereocenters. The number of carbonyl (C=O) groups excluding carboxylic acids is 1. The molecule has 0 spiro atoms. The molecule has 2 fully saturated rings. The SMILES string of the molecule is Cc1cc(F)ccc1[C@@H]1[C@@H](O[C@H](C)c2cc(CF)cc(C(F)(F)F)c2)OC[C@@H]2CN(C3=CC(=O)OC3)C[C@H]21. The molecule has 5 nitrogen and oxygen atoms in total. The van der Waals surface area contributed by atoms with Crippen molar-refractivity contribution >= 4 is 5.97 Å². The lowest BCUT2D eigenvalue weighted by atomic mass is 9.76. The van der Waals surface area contributed by atoms with E-state index in [9.17, 15) is 26.7 Å². The fourth-order valence-electron chi connectivity index (χ4n) is 5.77. The van der Waals surface area contributed by atoms with Crippen molar-refractivity contribution in [3.63, 3.8) is 0 Å². The minimum atomic E-state index is -4.63. The quantitative estimate of drug-likeness (QED) is 0.343. The van der Waals surface area contributed by atoms with Crippen LogP contribution in [0.4, 0.5) is 22.0 Å². The monoisotopic (exact) mass is 537 g/mol. The van der Waals surface area contributed by atoms with Gasteiger partial charge in [-0.25, -0.2) is 13.6 Å². The maximum Gasteiger partial charge on any atom is 0.416 e. The number of ether oxygens (including phenoxy) is 3. The van der Waals surface area contributed by atoms with E-state index in [-0.39, 0.29) is 47.3 Å². The summed E-state index contributed by atoms with van der Waals surface area (Å²) in [5.74, 6) is -1.03. The smallest absolute Gasteiger partial charge is 0.416 e. The van der Waals surface area contributed by atoms with Crippen molar-refractivity contribution in [3.8, 4) is 0 Å². The molecule has 0 aromatic heterocycles. The summed E-state index contributed by atoms with van der Waals surface area (Å²) < 4.78 is 85.2. The molecule has 3 aliphatic heterocycles. The predicted octanol–water partition coefficient (Wildman–Crippen LogP) is 5.83. The second-order valence-corrected chi connectivity index (χ2v) is 10.2. The molecule has 38 heavy (non-hydrogen) atoms. The lowest BCUT2D eigenvalue weighted by Crippen LogP contribution is -2.42. The fourth-order valence-corrected chi connectivity index (χ4v) is 5.77. The summed E-state index contributed by atoms with van der Waals surface area (Å²) in [6.45, 7) is 4.12. The fraction of sp³-hybridized carbons (Fsp3) is 0.464. The zero-order chi connectivity index (χ0) is 27.2. The highest BCUT2D eigenvalue weighted by Gasteiger charge is 2.48. The van der Waals surface area contributed by atoms with Gasteiger partial charge in [0, 0.05) is 31.0 Å². The normalized spacial score (nSPS) is 26.2. The predicted molar refractivity (Wildman–Crippen MR) is 127 cm³/mol. The Morgan fingerprint density at radius 2 is 1.95 bits per heavy atom. The number of carbonyl (C=O) groups is 1. The Balaban J connectivity index is 1.45. The highest BCUT2D eigenvalue weighted by molar-refractivity contribution is 5.85. The van der Waals surface area contributed by atoms with Crippen LogP contribution in [0.2, 0.25) is 0 Å². The van der Waals surface area contributed by atoms with Crippen molar-refractivity contribution in [1.82, 2.24) is 4.90 Å². The molecule has 0 radical (unpaired) electrons. The van der Waals surface area contributed by atoms with E-state index >= 15 is 0 Å². The van der Waals surface area contributed by atoms with E-state index in [2.05, 4.69) is 4.90 Å². The number of fused-ring (bicyclic) bond motifs is 1. The lowest BCUT2D eigenvalue weighted by molar-refractivity contribution is -0.217. The average molecular weight is 538 g/mol. The molecule has 5 atom stereocenters. The molecule has 0 amide bonds. The first-order valence-corrected chi connectivity index (χ1v) is 12.5. The second kappa shape index (κ2) is 10.3. The van der Waals surface area contributed by atoms with Crippen molar-refractivity contribution < 1.29 is 41.0 Å². The van der Waals surface area contributed by atoms with Gasteiger partial charge in [0.25, 0.3) is 0 Å². The van der Waals surface area contributed by atoms with Crippen LogP contribution in [0.1, 0.15) is 46.8 Å². The largest absolute Gasteiger partial charge is 0.456 e. The minimum Gasteiger partial charge on any atom is -0.456 e. The molecule has 0 aliphatic carbocycles. The minimum absolute atomic E-state index is 0.00428. The number of hydrogen-bond acceptors (Lipinski definition) is 5. The third-order valence-electron chi connectivity index (χ3n) is 7.67. The molecule has 3 heterocycles. The molecule has 2 aromatic rings. The third kappa shape index (κ3) is 5.29. The average Bonchev–Trinajstić information content (AvgIpc) is 3.50. The number of benzene rings is 2. The van der Waals surface area contributed by atoms with E-state index < -0.39 is 30.8 Å². The second-order valence-electron chi connectivity index (χ2n) is 10.2. The van der Waals surface area contributed by atoms with Crippen molar-refractivity contribution in [2.45, 2.75) is 45.0 Å². The topological polar surface area (TPSA) is 48.0 Å². The number of aryl methyl sites for hydroxylation is 1. The van der Waals surface area contributed by atoms with Gasteiger partial charge in [0.05, 0.1) is 24.0 Å². The molecule has 0 saturated carbocycles. The highest BCUT2D eigenvalue weighted by atomic mass is 19.4. The van der Waals surface area contributed by atoms with Crippen LogP contribution >= 0.6 is 0 Å². The summed E-state index contributed by atoms with van der Waals surface area (Å²) in [6.07, 6.45) is -4.83. The van der Waals surface area contributed by atoms with Crippen molar-refractivity contribution in [1.29, 1.82) is 0 Å². The molecule has 0 bridgehead atoms. The molecule has 5 rings (SSSR count). The molecular formula is C28H28F5NO4. The number of likely N-dealkylation sites (tertiary alicyclic amines) is 1. The van der Waals surface area contributed by atoms with Gasteiger partial charge in [-0.05, 0) is 66.3 Å². The van der Waals surface area contributed by atoms with E-state index in [4.69, 9.17) is 14.2 Å². The first-order valence-electron chi connectivity index (χ1n) is 12.5. The zero-order valence-electron chi connectivity index (χ0n) is 20.9. The van der Waals surface area contributed by atoms with E-state index in [0.29, 0.717) is 25.3 Å². The number of halogens is 5. The summed E-state index contributed by atoms with van der Waals surface area (Å²) >= 11 is 0. The van der Waals surface area contributed by atoms with Crippen LogP contribution in [-0.4, -0.2) is 43.5 Å². The maximum atomic E-state index is 14.0. The number of nitrogens with zero attached hydrogens (tertiary/aromatic N) is 1. The van der Waals surface area contributed by atoms with Crippen LogP contribution in [0, 0.1) is 24.6 Å². The first-order chi connectivity index (χ1) is 18.0. The van der Waals surface area contributed by atoms with Gasteiger partial charge in [0.15, 0.2) is 6.29 Å². The third-order valence-corrected chi connectivity index (χ3v) is 7.67. The van der Waals surface area contributed by atoms with E-state index in [1.165, 1.54) is 24.3 Å². The van der Waals surface area contributed by atoms with Crippen LogP contribution in [-0.2, 0) is 31.9 Å². The van der Waals surface area contributed by atoms with Gasteiger partial charge in [-0.2, -0.15) is 13.2 Å².